The summed E-state index contributed by atoms with van der Waals surface area (Å²) in [5.41, 5.74) is 3.49. The fraction of sp³-hybridized carbons (Fsp3) is 0.500. The van der Waals surface area contributed by atoms with Crippen molar-refractivity contribution in [1.82, 2.24) is 9.97 Å². The first-order valence-corrected chi connectivity index (χ1v) is 11.3. The van der Waals surface area contributed by atoms with Crippen molar-refractivity contribution >= 4 is 27.2 Å². The molecule has 1 unspecified atom stereocenters. The Hall–Kier alpha value is -2.15. The van der Waals surface area contributed by atoms with Crippen molar-refractivity contribution in [3.8, 4) is 0 Å². The van der Waals surface area contributed by atoms with Gasteiger partial charge < -0.3 is 10.2 Å². The molecule has 27 heavy (non-hydrogen) atoms. The van der Waals surface area contributed by atoms with Crippen LogP contribution in [-0.4, -0.2) is 42.5 Å². The van der Waals surface area contributed by atoms with Crippen molar-refractivity contribution < 1.29 is 8.42 Å². The number of sulfone groups is 1. The second-order valence-electron chi connectivity index (χ2n) is 7.09. The predicted octanol–water partition coefficient (Wildman–Crippen LogP) is 3.41. The molecular weight excluding hydrogens is 360 g/mol. The van der Waals surface area contributed by atoms with E-state index in [0.29, 0.717) is 18.8 Å². The van der Waals surface area contributed by atoms with Gasteiger partial charge in [0, 0.05) is 24.3 Å². The number of para-hydroxylation sites is 1. The molecule has 1 saturated heterocycles. The Bertz CT molecular complexity index is 928. The van der Waals surface area contributed by atoms with Crippen LogP contribution in [0.5, 0.6) is 0 Å². The molecule has 0 saturated carbocycles. The van der Waals surface area contributed by atoms with Gasteiger partial charge in [-0.15, -0.1) is 0 Å². The van der Waals surface area contributed by atoms with Crippen molar-refractivity contribution in [3.05, 3.63) is 41.2 Å². The first-order chi connectivity index (χ1) is 12.8. The lowest BCUT2D eigenvalue weighted by Crippen LogP contribution is -2.37. The summed E-state index contributed by atoms with van der Waals surface area (Å²) in [6, 6.07) is 8.17. The van der Waals surface area contributed by atoms with Crippen LogP contribution < -0.4 is 10.2 Å². The van der Waals surface area contributed by atoms with Gasteiger partial charge in [-0.25, -0.2) is 18.4 Å². The Morgan fingerprint density at radius 2 is 2.00 bits per heavy atom. The molecule has 7 heteroatoms. The molecule has 1 N–H and O–H groups in total. The maximum absolute atomic E-state index is 11.9. The minimum absolute atomic E-state index is 0.0215. The molecular formula is C20H28N4O2S. The molecule has 0 aliphatic carbocycles. The van der Waals surface area contributed by atoms with Gasteiger partial charge in [0.25, 0.3) is 0 Å². The molecule has 0 amide bonds. The number of rotatable bonds is 6. The van der Waals surface area contributed by atoms with Crippen LogP contribution in [0.1, 0.15) is 37.2 Å². The van der Waals surface area contributed by atoms with E-state index in [1.54, 1.807) is 0 Å². The summed E-state index contributed by atoms with van der Waals surface area (Å²) in [6.45, 7) is 8.83. The highest BCUT2D eigenvalue weighted by Gasteiger charge is 2.32. The second kappa shape index (κ2) is 7.84. The molecule has 146 valence electrons. The molecule has 1 aromatic heterocycles. The summed E-state index contributed by atoms with van der Waals surface area (Å²) >= 11 is 0. The van der Waals surface area contributed by atoms with Gasteiger partial charge in [0.2, 0.25) is 0 Å². The number of aromatic nitrogens is 2. The van der Waals surface area contributed by atoms with Crippen LogP contribution in [0.3, 0.4) is 0 Å². The van der Waals surface area contributed by atoms with E-state index in [1.165, 1.54) is 11.1 Å². The molecule has 1 fully saturated rings. The largest absolute Gasteiger partial charge is 0.353 e. The number of hydrogen-bond donors (Lipinski definition) is 1. The van der Waals surface area contributed by atoms with E-state index in [0.717, 1.165) is 23.7 Å². The number of aryl methyl sites for hydroxylation is 3. The third-order valence-electron chi connectivity index (χ3n) is 5.10. The maximum Gasteiger partial charge on any atom is 0.152 e. The number of nitrogens with one attached hydrogen (secondary N) is 1. The summed E-state index contributed by atoms with van der Waals surface area (Å²) in [7, 11) is -2.94. The van der Waals surface area contributed by atoms with E-state index < -0.39 is 9.84 Å². The summed E-state index contributed by atoms with van der Waals surface area (Å²) < 4.78 is 23.8. The summed E-state index contributed by atoms with van der Waals surface area (Å²) in [6.07, 6.45) is 1.59. The van der Waals surface area contributed by atoms with Crippen molar-refractivity contribution in [2.24, 2.45) is 0 Å². The molecule has 0 bridgehead atoms. The lowest BCUT2D eigenvalue weighted by atomic mass is 10.1. The van der Waals surface area contributed by atoms with Gasteiger partial charge >= 0.3 is 0 Å². The van der Waals surface area contributed by atoms with Gasteiger partial charge in [-0.1, -0.05) is 25.1 Å². The third-order valence-corrected chi connectivity index (χ3v) is 6.85. The van der Waals surface area contributed by atoms with E-state index in [9.17, 15) is 8.42 Å². The topological polar surface area (TPSA) is 75.2 Å². The number of benzene rings is 1. The smallest absolute Gasteiger partial charge is 0.152 e. The fourth-order valence-electron chi connectivity index (χ4n) is 3.72. The monoisotopic (exact) mass is 388 g/mol. The first kappa shape index (κ1) is 19.6. The van der Waals surface area contributed by atoms with Crippen LogP contribution in [0.25, 0.3) is 0 Å². The zero-order valence-electron chi connectivity index (χ0n) is 16.5. The lowest BCUT2D eigenvalue weighted by Gasteiger charge is -2.28. The molecule has 2 aromatic rings. The van der Waals surface area contributed by atoms with Crippen LogP contribution >= 0.6 is 0 Å². The van der Waals surface area contributed by atoms with Gasteiger partial charge in [-0.2, -0.15) is 0 Å². The molecule has 1 aliphatic heterocycles. The maximum atomic E-state index is 11.9. The number of nitrogens with zero attached hydrogens (tertiary/aromatic N) is 3. The molecule has 3 rings (SSSR count). The number of anilines is 3. The molecule has 1 atom stereocenters. The van der Waals surface area contributed by atoms with Crippen molar-refractivity contribution in [2.45, 2.75) is 46.6 Å². The minimum Gasteiger partial charge on any atom is -0.353 e. The fourth-order valence-corrected chi connectivity index (χ4v) is 5.45. The molecule has 6 nitrogen and oxygen atoms in total. The molecule has 0 spiro atoms. The minimum atomic E-state index is -2.94. The van der Waals surface area contributed by atoms with Crippen LogP contribution in [0.15, 0.2) is 24.3 Å². The third kappa shape index (κ3) is 4.40. The highest BCUT2D eigenvalue weighted by atomic mass is 32.2. The Morgan fingerprint density at radius 3 is 2.63 bits per heavy atom. The highest BCUT2D eigenvalue weighted by molar-refractivity contribution is 7.91. The predicted molar refractivity (Wildman–Crippen MR) is 111 cm³/mol. The van der Waals surface area contributed by atoms with Gasteiger partial charge in [0.15, 0.2) is 9.84 Å². The van der Waals surface area contributed by atoms with Crippen LogP contribution in [-0.2, 0) is 16.3 Å². The molecule has 0 radical (unpaired) electrons. The van der Waals surface area contributed by atoms with E-state index >= 15 is 0 Å². The average Bonchev–Trinajstić information content (AvgIpc) is 2.96. The highest BCUT2D eigenvalue weighted by Crippen LogP contribution is 2.28. The summed E-state index contributed by atoms with van der Waals surface area (Å²) in [4.78, 5) is 11.2. The van der Waals surface area contributed by atoms with Gasteiger partial charge in [0.05, 0.1) is 11.5 Å². The standard InChI is InChI=1S/C20H28N4O2S/c1-5-16-9-7-8-14(3)20(16)23-18-12-19(22-15(4)21-18)24(6-2)17-10-11-27(25,26)13-17/h7-9,12,17H,5-6,10-11,13H2,1-4H3,(H,21,22,23). The molecule has 2 heterocycles. The van der Waals surface area contributed by atoms with Crippen LogP contribution in [0.2, 0.25) is 0 Å². The molecule has 1 aromatic carbocycles. The van der Waals surface area contributed by atoms with E-state index in [-0.39, 0.29) is 17.5 Å². The summed E-state index contributed by atoms with van der Waals surface area (Å²) in [5, 5.41) is 3.46. The number of hydrogen-bond acceptors (Lipinski definition) is 6. The summed E-state index contributed by atoms with van der Waals surface area (Å²) in [5.74, 6) is 2.64. The van der Waals surface area contributed by atoms with Gasteiger partial charge in [-0.05, 0) is 44.7 Å². The second-order valence-corrected chi connectivity index (χ2v) is 9.32. The quantitative estimate of drug-likeness (QED) is 0.817. The van der Waals surface area contributed by atoms with Gasteiger partial charge in [0.1, 0.15) is 17.5 Å². The van der Waals surface area contributed by atoms with E-state index in [1.807, 2.05) is 19.9 Å². The lowest BCUT2D eigenvalue weighted by molar-refractivity contribution is 0.599. The van der Waals surface area contributed by atoms with Crippen LogP contribution in [0, 0.1) is 13.8 Å². The van der Waals surface area contributed by atoms with Crippen LogP contribution in [0.4, 0.5) is 17.3 Å². The Labute approximate surface area is 162 Å². The average molecular weight is 389 g/mol. The Morgan fingerprint density at radius 1 is 1.22 bits per heavy atom. The Balaban J connectivity index is 1.93. The van der Waals surface area contributed by atoms with Crippen molar-refractivity contribution in [1.29, 1.82) is 0 Å². The SMILES string of the molecule is CCc1cccc(C)c1Nc1cc(N(CC)C2CCS(=O)(=O)C2)nc(C)n1. The Kier molecular flexibility index (Phi) is 5.69. The first-order valence-electron chi connectivity index (χ1n) is 9.51. The van der Waals surface area contributed by atoms with Crippen molar-refractivity contribution in [2.75, 3.05) is 28.3 Å². The van der Waals surface area contributed by atoms with E-state index in [4.69, 9.17) is 0 Å². The molecule has 1 aliphatic rings. The van der Waals surface area contributed by atoms with Gasteiger partial charge in [-0.3, -0.25) is 0 Å². The normalized spacial score (nSPS) is 18.4. The van der Waals surface area contributed by atoms with Crippen molar-refractivity contribution in [3.63, 3.8) is 0 Å². The zero-order chi connectivity index (χ0) is 19.6. The zero-order valence-corrected chi connectivity index (χ0v) is 17.3. The van der Waals surface area contributed by atoms with E-state index in [2.05, 4.69) is 52.2 Å².